The van der Waals surface area contributed by atoms with Gasteiger partial charge in [-0.05, 0) is 18.4 Å². The Bertz CT molecular complexity index is 1260. The number of benzene rings is 1. The lowest BCUT2D eigenvalue weighted by Crippen LogP contribution is -2.44. The van der Waals surface area contributed by atoms with Crippen molar-refractivity contribution in [2.45, 2.75) is 43.2 Å². The number of rotatable bonds is 11. The smallest absolute Gasteiger partial charge is 0.289 e. The maximum absolute atomic E-state index is 12.8. The van der Waals surface area contributed by atoms with Crippen LogP contribution in [0.4, 0.5) is 5.82 Å². The Kier molecular flexibility index (Phi) is 8.81. The van der Waals surface area contributed by atoms with Gasteiger partial charge in [0.15, 0.2) is 11.5 Å². The van der Waals surface area contributed by atoms with Crippen LogP contribution in [-0.2, 0) is 11.2 Å². The number of aliphatic hydroxyl groups is 4. The van der Waals surface area contributed by atoms with E-state index in [9.17, 15) is 24.9 Å². The highest BCUT2D eigenvalue weighted by atomic mass is 16.3. The van der Waals surface area contributed by atoms with Gasteiger partial charge in [-0.15, -0.1) is 0 Å². The quantitative estimate of drug-likeness (QED) is 0.132. The molecule has 0 unspecified atom stereocenters. The van der Waals surface area contributed by atoms with Gasteiger partial charge < -0.3 is 46.7 Å². The fraction of sp³-hybridized carbons (Fsp3) is 0.458. The van der Waals surface area contributed by atoms with Crippen LogP contribution in [0.1, 0.15) is 28.6 Å². The molecular weight excluding hydrogens is 496 g/mol. The normalized spacial score (nSPS) is 21.8. The number of nitrogens with zero attached hydrogens (tertiary/aromatic N) is 4. The Hall–Kier alpha value is -3.69. The molecule has 0 saturated heterocycles. The lowest BCUT2D eigenvalue weighted by Gasteiger charge is -2.19. The lowest BCUT2D eigenvalue weighted by molar-refractivity contribution is -0.125. The number of anilines is 1. The van der Waals surface area contributed by atoms with Crippen molar-refractivity contribution < 1.29 is 30.0 Å². The number of amides is 2. The minimum atomic E-state index is -1.30. The minimum absolute atomic E-state index is 0.119. The molecule has 5 atom stereocenters. The Labute approximate surface area is 217 Å². The fourth-order valence-electron chi connectivity index (χ4n) is 4.56. The molecule has 1 saturated carbocycles. The largest absolute Gasteiger partial charge is 0.394 e. The van der Waals surface area contributed by atoms with Crippen LogP contribution in [0.3, 0.4) is 0 Å². The van der Waals surface area contributed by atoms with E-state index in [1.165, 1.54) is 10.9 Å². The van der Waals surface area contributed by atoms with E-state index in [4.69, 9.17) is 10.8 Å². The zero-order valence-corrected chi connectivity index (χ0v) is 20.6. The van der Waals surface area contributed by atoms with Gasteiger partial charge in [-0.3, -0.25) is 9.59 Å². The van der Waals surface area contributed by atoms with Crippen LogP contribution in [0.25, 0.3) is 11.2 Å². The maximum Gasteiger partial charge on any atom is 0.289 e. The van der Waals surface area contributed by atoms with E-state index in [1.807, 2.05) is 30.3 Å². The topological polar surface area (TPSA) is 221 Å². The van der Waals surface area contributed by atoms with Crippen LogP contribution < -0.4 is 21.7 Å². The number of aliphatic hydroxyl groups excluding tert-OH is 4. The summed E-state index contributed by atoms with van der Waals surface area (Å²) in [7, 11) is 0. The predicted octanol–water partition coefficient (Wildman–Crippen LogP) is -2.33. The Morgan fingerprint density at radius 2 is 1.89 bits per heavy atom. The van der Waals surface area contributed by atoms with Gasteiger partial charge in [0.25, 0.3) is 5.91 Å². The van der Waals surface area contributed by atoms with Crippen molar-refractivity contribution in [1.29, 1.82) is 0 Å². The van der Waals surface area contributed by atoms with Crippen LogP contribution >= 0.6 is 0 Å². The van der Waals surface area contributed by atoms with Crippen molar-refractivity contribution in [3.63, 3.8) is 0 Å². The van der Waals surface area contributed by atoms with Gasteiger partial charge in [-0.25, -0.2) is 15.0 Å². The first-order valence-electron chi connectivity index (χ1n) is 12.3. The minimum Gasteiger partial charge on any atom is -0.394 e. The van der Waals surface area contributed by atoms with Crippen molar-refractivity contribution in [3.8, 4) is 0 Å². The first kappa shape index (κ1) is 27.3. The molecule has 2 amide bonds. The molecule has 3 aromatic rings. The van der Waals surface area contributed by atoms with Crippen LogP contribution in [0.15, 0.2) is 36.7 Å². The van der Waals surface area contributed by atoms with E-state index < -0.39 is 48.8 Å². The summed E-state index contributed by atoms with van der Waals surface area (Å²) in [5.74, 6) is -1.22. The number of nitrogens with two attached hydrogens (primary N) is 1. The van der Waals surface area contributed by atoms with E-state index >= 15 is 0 Å². The van der Waals surface area contributed by atoms with Crippen molar-refractivity contribution >= 4 is 28.8 Å². The molecule has 1 fully saturated rings. The average Bonchev–Trinajstić information content (AvgIpc) is 3.48. The number of fused-ring (bicyclic) bond motifs is 1. The SMILES string of the molecule is NCCNC(=O)c1nc(N[C@H](CO)Cc2ccccc2)c2ncn([C@@H]3C[C@H](NC(=O)CO)[C@@H](O)[C@H]3O)c2n1. The molecule has 1 aliphatic carbocycles. The Balaban J connectivity index is 1.70. The van der Waals surface area contributed by atoms with Crippen molar-refractivity contribution in [2.75, 3.05) is 31.6 Å². The third-order valence-electron chi connectivity index (χ3n) is 6.44. The summed E-state index contributed by atoms with van der Waals surface area (Å²) in [4.78, 5) is 37.6. The zero-order valence-electron chi connectivity index (χ0n) is 20.6. The zero-order chi connectivity index (χ0) is 27.2. The molecule has 0 radical (unpaired) electrons. The number of hydrogen-bond donors (Lipinski definition) is 8. The molecule has 2 heterocycles. The van der Waals surface area contributed by atoms with Crippen molar-refractivity contribution in [1.82, 2.24) is 30.2 Å². The summed E-state index contributed by atoms with van der Waals surface area (Å²) in [6.45, 7) is -0.560. The third-order valence-corrected chi connectivity index (χ3v) is 6.44. The fourth-order valence-corrected chi connectivity index (χ4v) is 4.56. The standard InChI is InChI=1S/C24H32N8O6/c25-6-7-26-24(38)22-30-21(28-14(10-33)8-13-4-2-1-3-5-13)18-23(31-22)32(12-27-18)16-9-15(19(36)20(16)37)29-17(35)11-34/h1-5,12,14-16,19-20,33-34,36-37H,6-11,25H2,(H,26,38)(H,29,35)(H,28,30,31)/t14-,15-,16+,19+,20-/m0/s1. The number of carbonyl (C=O) groups excluding carboxylic acids is 2. The highest BCUT2D eigenvalue weighted by Gasteiger charge is 2.44. The number of carbonyl (C=O) groups is 2. The average molecular weight is 529 g/mol. The predicted molar refractivity (Wildman–Crippen MR) is 136 cm³/mol. The van der Waals surface area contributed by atoms with E-state index in [0.717, 1.165) is 5.56 Å². The first-order valence-corrected chi connectivity index (χ1v) is 12.3. The molecule has 0 aliphatic heterocycles. The maximum atomic E-state index is 12.8. The van der Waals surface area contributed by atoms with Gasteiger partial charge in [0.2, 0.25) is 11.7 Å². The summed E-state index contributed by atoms with van der Waals surface area (Å²) in [5, 5.41) is 48.6. The number of aromatic nitrogens is 4. The molecule has 0 spiro atoms. The summed E-state index contributed by atoms with van der Waals surface area (Å²) >= 11 is 0. The highest BCUT2D eigenvalue weighted by molar-refractivity contribution is 5.94. The Morgan fingerprint density at radius 3 is 2.58 bits per heavy atom. The van der Waals surface area contributed by atoms with Crippen LogP contribution in [0.5, 0.6) is 0 Å². The van der Waals surface area contributed by atoms with Crippen molar-refractivity contribution in [3.05, 3.63) is 48.0 Å². The number of imidazole rings is 1. The molecule has 1 aliphatic rings. The summed E-state index contributed by atoms with van der Waals surface area (Å²) in [6, 6.07) is 7.52. The second-order valence-electron chi connectivity index (χ2n) is 9.09. The molecule has 14 nitrogen and oxygen atoms in total. The van der Waals surface area contributed by atoms with E-state index in [-0.39, 0.29) is 48.9 Å². The third kappa shape index (κ3) is 5.89. The monoisotopic (exact) mass is 528 g/mol. The molecule has 14 heteroatoms. The molecular formula is C24H32N8O6. The molecule has 0 bridgehead atoms. The molecule has 2 aromatic heterocycles. The van der Waals surface area contributed by atoms with E-state index in [2.05, 4.69) is 30.9 Å². The first-order chi connectivity index (χ1) is 18.4. The van der Waals surface area contributed by atoms with E-state index in [1.54, 1.807) is 0 Å². The van der Waals surface area contributed by atoms with Crippen molar-refractivity contribution in [2.24, 2.45) is 5.73 Å². The lowest BCUT2D eigenvalue weighted by atomic mass is 10.1. The molecule has 4 rings (SSSR count). The second-order valence-corrected chi connectivity index (χ2v) is 9.09. The number of nitrogens with one attached hydrogen (secondary N) is 3. The molecule has 204 valence electrons. The highest BCUT2D eigenvalue weighted by Crippen LogP contribution is 2.34. The van der Waals surface area contributed by atoms with Crippen LogP contribution in [0.2, 0.25) is 0 Å². The van der Waals surface area contributed by atoms with Crippen LogP contribution in [0, 0.1) is 0 Å². The van der Waals surface area contributed by atoms with Crippen LogP contribution in [-0.4, -0.2) is 102 Å². The van der Waals surface area contributed by atoms with Gasteiger partial charge in [-0.2, -0.15) is 0 Å². The molecule has 1 aromatic carbocycles. The van der Waals surface area contributed by atoms with Gasteiger partial charge in [-0.1, -0.05) is 30.3 Å². The van der Waals surface area contributed by atoms with Gasteiger partial charge >= 0.3 is 0 Å². The van der Waals surface area contributed by atoms with Gasteiger partial charge in [0.1, 0.15) is 24.3 Å². The summed E-state index contributed by atoms with van der Waals surface area (Å²) < 4.78 is 1.52. The summed E-state index contributed by atoms with van der Waals surface area (Å²) in [5.41, 5.74) is 6.98. The van der Waals surface area contributed by atoms with Gasteiger partial charge in [0, 0.05) is 13.1 Å². The number of hydrogen-bond acceptors (Lipinski definition) is 11. The molecule has 9 N–H and O–H groups in total. The Morgan fingerprint density at radius 1 is 1.13 bits per heavy atom. The molecule has 38 heavy (non-hydrogen) atoms. The second kappa shape index (κ2) is 12.2. The van der Waals surface area contributed by atoms with E-state index in [0.29, 0.717) is 6.42 Å². The summed E-state index contributed by atoms with van der Waals surface area (Å²) in [6.07, 6.45) is -0.592. The van der Waals surface area contributed by atoms with Gasteiger partial charge in [0.05, 0.1) is 31.1 Å².